The Balaban J connectivity index is 2.45. The highest BCUT2D eigenvalue weighted by atomic mass is 35.5. The van der Waals surface area contributed by atoms with Crippen LogP contribution in [0.25, 0.3) is 10.9 Å². The molecule has 4 nitrogen and oxygen atoms in total. The van der Waals surface area contributed by atoms with E-state index in [0.29, 0.717) is 16.2 Å². The van der Waals surface area contributed by atoms with Crippen molar-refractivity contribution in [3.05, 3.63) is 35.0 Å². The molecule has 0 N–H and O–H groups in total. The van der Waals surface area contributed by atoms with Crippen molar-refractivity contribution >= 4 is 28.5 Å². The minimum atomic E-state index is -0.441. The van der Waals surface area contributed by atoms with Gasteiger partial charge < -0.3 is 9.47 Å². The topological polar surface area (TPSA) is 48.4 Å². The first kappa shape index (κ1) is 12.6. The Morgan fingerprint density at radius 3 is 2.89 bits per heavy atom. The van der Waals surface area contributed by atoms with Crippen molar-refractivity contribution < 1.29 is 14.3 Å². The van der Waals surface area contributed by atoms with Crippen molar-refractivity contribution in [1.29, 1.82) is 0 Å². The Bertz CT molecular complexity index is 598. The van der Waals surface area contributed by atoms with Gasteiger partial charge in [0.25, 0.3) is 0 Å². The third-order valence-corrected chi connectivity index (χ3v) is 2.89. The summed E-state index contributed by atoms with van der Waals surface area (Å²) in [5.41, 5.74) is 1.77. The van der Waals surface area contributed by atoms with E-state index in [9.17, 15) is 4.79 Å². The molecule has 0 spiro atoms. The number of halogens is 1. The Morgan fingerprint density at radius 2 is 2.17 bits per heavy atom. The molecule has 0 atom stereocenters. The molecule has 0 saturated carbocycles. The molecule has 1 heterocycles. The van der Waals surface area contributed by atoms with E-state index in [4.69, 9.17) is 16.3 Å². The van der Waals surface area contributed by atoms with Crippen molar-refractivity contribution in [3.63, 3.8) is 0 Å². The van der Waals surface area contributed by atoms with Crippen LogP contribution in [0.5, 0.6) is 5.75 Å². The predicted molar refractivity (Wildman–Crippen MR) is 69.0 cm³/mol. The van der Waals surface area contributed by atoms with Crippen molar-refractivity contribution in [1.82, 2.24) is 4.98 Å². The molecule has 94 valence electrons. The van der Waals surface area contributed by atoms with Crippen molar-refractivity contribution in [2.75, 3.05) is 13.7 Å². The average molecular weight is 266 g/mol. The van der Waals surface area contributed by atoms with Gasteiger partial charge >= 0.3 is 5.97 Å². The number of carbonyl (C=O) groups excluding carboxylic acids is 1. The molecule has 1 aromatic carbocycles. The monoisotopic (exact) mass is 265 g/mol. The van der Waals surface area contributed by atoms with E-state index < -0.39 is 5.97 Å². The third kappa shape index (κ3) is 2.38. The largest absolute Gasteiger partial charge is 0.481 e. The minimum absolute atomic E-state index is 0.153. The highest BCUT2D eigenvalue weighted by Gasteiger charge is 2.11. The summed E-state index contributed by atoms with van der Waals surface area (Å²) in [5.74, 6) is 0.0860. The van der Waals surface area contributed by atoms with Gasteiger partial charge in [0.2, 0.25) is 0 Å². The number of hydrogen-bond donors (Lipinski definition) is 0. The second-order valence-corrected chi connectivity index (χ2v) is 4.17. The molecular formula is C13H12ClNO3. The SMILES string of the molecule is COC(=O)COc1ccnc2c(C)ccc(Cl)c12. The van der Waals surface area contributed by atoms with Gasteiger partial charge in [0.05, 0.1) is 23.0 Å². The fraction of sp³-hybridized carbons (Fsp3) is 0.231. The summed E-state index contributed by atoms with van der Waals surface area (Å²) in [5, 5.41) is 1.26. The number of esters is 1. The number of nitrogens with zero attached hydrogens (tertiary/aromatic N) is 1. The summed E-state index contributed by atoms with van der Waals surface area (Å²) >= 11 is 6.15. The fourth-order valence-corrected chi connectivity index (χ4v) is 1.90. The van der Waals surface area contributed by atoms with E-state index in [1.54, 1.807) is 18.3 Å². The smallest absolute Gasteiger partial charge is 0.343 e. The van der Waals surface area contributed by atoms with Gasteiger partial charge in [-0.25, -0.2) is 4.79 Å². The number of hydrogen-bond acceptors (Lipinski definition) is 4. The van der Waals surface area contributed by atoms with Crippen LogP contribution in [0.2, 0.25) is 5.02 Å². The number of aromatic nitrogens is 1. The van der Waals surface area contributed by atoms with Gasteiger partial charge in [-0.3, -0.25) is 4.98 Å². The summed E-state index contributed by atoms with van der Waals surface area (Å²) in [6.07, 6.45) is 1.62. The van der Waals surface area contributed by atoms with Crippen molar-refractivity contribution in [2.45, 2.75) is 6.92 Å². The van der Waals surface area contributed by atoms with Crippen LogP contribution in [0.15, 0.2) is 24.4 Å². The molecule has 0 saturated heterocycles. The van der Waals surface area contributed by atoms with Crippen LogP contribution in [0.1, 0.15) is 5.56 Å². The van der Waals surface area contributed by atoms with Crippen LogP contribution in [0.3, 0.4) is 0 Å². The first-order valence-electron chi connectivity index (χ1n) is 5.37. The Labute approximate surface area is 109 Å². The average Bonchev–Trinajstić information content (AvgIpc) is 2.40. The quantitative estimate of drug-likeness (QED) is 0.801. The second kappa shape index (κ2) is 5.23. The third-order valence-electron chi connectivity index (χ3n) is 2.58. The van der Waals surface area contributed by atoms with E-state index in [0.717, 1.165) is 11.1 Å². The minimum Gasteiger partial charge on any atom is -0.481 e. The van der Waals surface area contributed by atoms with Gasteiger partial charge in [0.1, 0.15) is 5.75 Å². The highest BCUT2D eigenvalue weighted by molar-refractivity contribution is 6.36. The van der Waals surface area contributed by atoms with Gasteiger partial charge in [-0.15, -0.1) is 0 Å². The highest BCUT2D eigenvalue weighted by Crippen LogP contribution is 2.32. The zero-order valence-corrected chi connectivity index (χ0v) is 10.8. The molecule has 18 heavy (non-hydrogen) atoms. The number of ether oxygens (including phenoxy) is 2. The number of methoxy groups -OCH3 is 1. The lowest BCUT2D eigenvalue weighted by atomic mass is 10.1. The summed E-state index contributed by atoms with van der Waals surface area (Å²) in [6.45, 7) is 1.79. The molecule has 5 heteroatoms. The van der Waals surface area contributed by atoms with E-state index in [1.807, 2.05) is 13.0 Å². The molecule has 0 aliphatic carbocycles. The standard InChI is InChI=1S/C13H12ClNO3/c1-8-3-4-9(14)12-10(5-6-15-13(8)12)18-7-11(16)17-2/h3-6H,7H2,1-2H3. The molecular weight excluding hydrogens is 254 g/mol. The summed E-state index contributed by atoms with van der Waals surface area (Å²) in [4.78, 5) is 15.3. The van der Waals surface area contributed by atoms with Gasteiger partial charge in [-0.05, 0) is 24.6 Å². The molecule has 0 radical (unpaired) electrons. The first-order valence-corrected chi connectivity index (χ1v) is 5.74. The maximum absolute atomic E-state index is 11.1. The Morgan fingerprint density at radius 1 is 1.39 bits per heavy atom. The first-order chi connectivity index (χ1) is 8.63. The maximum Gasteiger partial charge on any atom is 0.343 e. The van der Waals surface area contributed by atoms with Crippen LogP contribution in [-0.2, 0) is 9.53 Å². The lowest BCUT2D eigenvalue weighted by molar-refractivity contribution is -0.142. The van der Waals surface area contributed by atoms with Crippen LogP contribution in [0.4, 0.5) is 0 Å². The molecule has 0 fully saturated rings. The van der Waals surface area contributed by atoms with E-state index in [1.165, 1.54) is 7.11 Å². The molecule has 0 unspecified atom stereocenters. The van der Waals surface area contributed by atoms with Crippen LogP contribution < -0.4 is 4.74 Å². The molecule has 2 rings (SSSR count). The molecule has 0 bridgehead atoms. The summed E-state index contributed by atoms with van der Waals surface area (Å²) < 4.78 is 9.93. The van der Waals surface area contributed by atoms with Gasteiger partial charge in [-0.2, -0.15) is 0 Å². The lowest BCUT2D eigenvalue weighted by Gasteiger charge is -2.10. The summed E-state index contributed by atoms with van der Waals surface area (Å²) in [7, 11) is 1.31. The maximum atomic E-state index is 11.1. The van der Waals surface area contributed by atoms with E-state index in [-0.39, 0.29) is 6.61 Å². The predicted octanol–water partition coefficient (Wildman–Crippen LogP) is 2.75. The van der Waals surface area contributed by atoms with Gasteiger partial charge in [0, 0.05) is 6.20 Å². The van der Waals surface area contributed by atoms with Crippen molar-refractivity contribution in [2.24, 2.45) is 0 Å². The van der Waals surface area contributed by atoms with E-state index in [2.05, 4.69) is 9.72 Å². The Hall–Kier alpha value is -1.81. The molecule has 0 aliphatic heterocycles. The normalized spacial score (nSPS) is 10.4. The van der Waals surface area contributed by atoms with Crippen LogP contribution >= 0.6 is 11.6 Å². The molecule has 0 aliphatic rings. The van der Waals surface area contributed by atoms with E-state index >= 15 is 0 Å². The van der Waals surface area contributed by atoms with Gasteiger partial charge in [-0.1, -0.05) is 17.7 Å². The van der Waals surface area contributed by atoms with Gasteiger partial charge in [0.15, 0.2) is 6.61 Å². The zero-order chi connectivity index (χ0) is 13.1. The zero-order valence-electron chi connectivity index (χ0n) is 10.1. The lowest BCUT2D eigenvalue weighted by Crippen LogP contribution is -2.12. The number of aryl methyl sites for hydroxylation is 1. The number of rotatable bonds is 3. The van der Waals surface area contributed by atoms with Crippen LogP contribution in [0, 0.1) is 6.92 Å². The molecule has 1 aromatic heterocycles. The second-order valence-electron chi connectivity index (χ2n) is 3.76. The number of benzene rings is 1. The number of pyridine rings is 1. The van der Waals surface area contributed by atoms with Crippen LogP contribution in [-0.4, -0.2) is 24.7 Å². The molecule has 2 aromatic rings. The Kier molecular flexibility index (Phi) is 3.67. The summed E-state index contributed by atoms with van der Waals surface area (Å²) in [6, 6.07) is 5.35. The molecule has 0 amide bonds. The van der Waals surface area contributed by atoms with Crippen molar-refractivity contribution in [3.8, 4) is 5.75 Å². The fourth-order valence-electron chi connectivity index (χ4n) is 1.65. The number of carbonyl (C=O) groups is 1. The number of fused-ring (bicyclic) bond motifs is 1.